The molecule has 2 nitrogen and oxygen atoms in total. The molecular formula is C14H10Cl2O2. The van der Waals surface area contributed by atoms with Crippen LogP contribution in [0.15, 0.2) is 42.5 Å². The molecule has 0 amide bonds. The molecule has 0 aliphatic carbocycles. The molecule has 0 saturated carbocycles. The highest BCUT2D eigenvalue weighted by Crippen LogP contribution is 2.26. The van der Waals surface area contributed by atoms with E-state index < -0.39 is 0 Å². The minimum Gasteiger partial charge on any atom is -0.496 e. The molecule has 0 saturated heterocycles. The quantitative estimate of drug-likeness (QED) is 0.787. The van der Waals surface area contributed by atoms with Gasteiger partial charge in [-0.3, -0.25) is 4.79 Å². The lowest BCUT2D eigenvalue weighted by Crippen LogP contribution is -2.03. The lowest BCUT2D eigenvalue weighted by atomic mass is 10.0. The molecule has 0 radical (unpaired) electrons. The van der Waals surface area contributed by atoms with Crippen LogP contribution in [-0.2, 0) is 0 Å². The second kappa shape index (κ2) is 5.42. The van der Waals surface area contributed by atoms with Crippen LogP contribution in [0.1, 0.15) is 15.9 Å². The van der Waals surface area contributed by atoms with E-state index in [9.17, 15) is 4.79 Å². The predicted molar refractivity (Wildman–Crippen MR) is 72.9 cm³/mol. The van der Waals surface area contributed by atoms with Crippen LogP contribution in [0.3, 0.4) is 0 Å². The van der Waals surface area contributed by atoms with Gasteiger partial charge in [-0.2, -0.15) is 0 Å². The van der Waals surface area contributed by atoms with E-state index in [1.165, 1.54) is 7.11 Å². The summed E-state index contributed by atoms with van der Waals surface area (Å²) in [7, 11) is 1.53. The first-order chi connectivity index (χ1) is 8.63. The minimum absolute atomic E-state index is 0.147. The Morgan fingerprint density at radius 3 is 2.44 bits per heavy atom. The number of carbonyl (C=O) groups is 1. The first-order valence-corrected chi connectivity index (χ1v) is 6.02. The SMILES string of the molecule is COc1ccccc1C(=O)c1ccc(Cl)c(Cl)c1. The standard InChI is InChI=1S/C14H10Cl2O2/c1-18-13-5-3-2-4-10(13)14(17)9-6-7-11(15)12(16)8-9/h2-8H,1H3. The van der Waals surface area contributed by atoms with Gasteiger partial charge in [0.1, 0.15) is 5.75 Å². The molecule has 0 fully saturated rings. The van der Waals surface area contributed by atoms with Crippen LogP contribution in [0.2, 0.25) is 10.0 Å². The molecule has 4 heteroatoms. The van der Waals surface area contributed by atoms with E-state index in [4.69, 9.17) is 27.9 Å². The van der Waals surface area contributed by atoms with Gasteiger partial charge in [-0.15, -0.1) is 0 Å². The van der Waals surface area contributed by atoms with Crippen molar-refractivity contribution in [1.29, 1.82) is 0 Å². The average molecular weight is 281 g/mol. The van der Waals surface area contributed by atoms with Crippen LogP contribution in [0.5, 0.6) is 5.75 Å². The van der Waals surface area contributed by atoms with Gasteiger partial charge in [-0.05, 0) is 30.3 Å². The van der Waals surface area contributed by atoms with Crippen molar-refractivity contribution in [3.05, 3.63) is 63.6 Å². The van der Waals surface area contributed by atoms with E-state index in [1.54, 1.807) is 36.4 Å². The molecule has 0 heterocycles. The Balaban J connectivity index is 2.44. The largest absolute Gasteiger partial charge is 0.496 e. The van der Waals surface area contributed by atoms with Crippen LogP contribution in [0, 0.1) is 0 Å². The average Bonchev–Trinajstić information content (AvgIpc) is 2.41. The maximum Gasteiger partial charge on any atom is 0.196 e. The first-order valence-electron chi connectivity index (χ1n) is 5.26. The zero-order valence-electron chi connectivity index (χ0n) is 9.61. The summed E-state index contributed by atoms with van der Waals surface area (Å²) in [6, 6.07) is 11.8. The summed E-state index contributed by atoms with van der Waals surface area (Å²) >= 11 is 11.7. The molecule has 2 aromatic rings. The lowest BCUT2D eigenvalue weighted by molar-refractivity contribution is 0.103. The number of benzene rings is 2. The van der Waals surface area contributed by atoms with E-state index in [0.29, 0.717) is 26.9 Å². The van der Waals surface area contributed by atoms with Gasteiger partial charge in [0, 0.05) is 5.56 Å². The molecule has 92 valence electrons. The smallest absolute Gasteiger partial charge is 0.196 e. The van der Waals surface area contributed by atoms with E-state index >= 15 is 0 Å². The second-order valence-electron chi connectivity index (χ2n) is 3.66. The van der Waals surface area contributed by atoms with Crippen LogP contribution >= 0.6 is 23.2 Å². The molecule has 0 aliphatic rings. The van der Waals surface area contributed by atoms with E-state index in [2.05, 4.69) is 0 Å². The Labute approximate surface area is 115 Å². The predicted octanol–water partition coefficient (Wildman–Crippen LogP) is 4.23. The van der Waals surface area contributed by atoms with Gasteiger partial charge < -0.3 is 4.74 Å². The van der Waals surface area contributed by atoms with Gasteiger partial charge in [0.15, 0.2) is 5.78 Å². The molecular weight excluding hydrogens is 271 g/mol. The van der Waals surface area contributed by atoms with Gasteiger partial charge in [0.2, 0.25) is 0 Å². The fourth-order valence-corrected chi connectivity index (χ4v) is 1.92. The van der Waals surface area contributed by atoms with Gasteiger partial charge in [-0.25, -0.2) is 0 Å². The summed E-state index contributed by atoms with van der Waals surface area (Å²) in [6.07, 6.45) is 0. The van der Waals surface area contributed by atoms with E-state index in [0.717, 1.165) is 0 Å². The van der Waals surface area contributed by atoms with Crippen molar-refractivity contribution in [2.24, 2.45) is 0 Å². The fraction of sp³-hybridized carbons (Fsp3) is 0.0714. The number of para-hydroxylation sites is 1. The Morgan fingerprint density at radius 1 is 1.06 bits per heavy atom. The maximum atomic E-state index is 12.3. The number of methoxy groups -OCH3 is 1. The summed E-state index contributed by atoms with van der Waals surface area (Å²) in [4.78, 5) is 12.3. The normalized spacial score (nSPS) is 10.2. The minimum atomic E-state index is -0.147. The first kappa shape index (κ1) is 12.9. The van der Waals surface area contributed by atoms with Crippen LogP contribution in [-0.4, -0.2) is 12.9 Å². The maximum absolute atomic E-state index is 12.3. The zero-order valence-corrected chi connectivity index (χ0v) is 11.1. The summed E-state index contributed by atoms with van der Waals surface area (Å²) < 4.78 is 5.16. The molecule has 0 aliphatic heterocycles. The van der Waals surface area contributed by atoms with Crippen LogP contribution in [0.4, 0.5) is 0 Å². The third-order valence-corrected chi connectivity index (χ3v) is 3.27. The molecule has 0 spiro atoms. The van der Waals surface area contributed by atoms with Crippen molar-refractivity contribution in [2.75, 3.05) is 7.11 Å². The second-order valence-corrected chi connectivity index (χ2v) is 4.47. The number of carbonyl (C=O) groups excluding carboxylic acids is 1. The highest BCUT2D eigenvalue weighted by Gasteiger charge is 2.14. The Bertz CT molecular complexity index is 594. The highest BCUT2D eigenvalue weighted by atomic mass is 35.5. The van der Waals surface area contributed by atoms with Crippen molar-refractivity contribution in [3.63, 3.8) is 0 Å². The number of ether oxygens (including phenoxy) is 1. The van der Waals surface area contributed by atoms with Gasteiger partial charge in [0.05, 0.1) is 22.7 Å². The molecule has 0 unspecified atom stereocenters. The monoisotopic (exact) mass is 280 g/mol. The lowest BCUT2D eigenvalue weighted by Gasteiger charge is -2.07. The van der Waals surface area contributed by atoms with Crippen molar-refractivity contribution in [1.82, 2.24) is 0 Å². The zero-order chi connectivity index (χ0) is 13.1. The summed E-state index contributed by atoms with van der Waals surface area (Å²) in [5, 5.41) is 0.783. The molecule has 0 bridgehead atoms. The molecule has 2 rings (SSSR count). The van der Waals surface area contributed by atoms with Crippen LogP contribution in [0.25, 0.3) is 0 Å². The van der Waals surface area contributed by atoms with Crippen molar-refractivity contribution in [2.45, 2.75) is 0 Å². The number of rotatable bonds is 3. The third kappa shape index (κ3) is 2.50. The van der Waals surface area contributed by atoms with Crippen molar-refractivity contribution >= 4 is 29.0 Å². The summed E-state index contributed by atoms with van der Waals surface area (Å²) in [5.74, 6) is 0.389. The topological polar surface area (TPSA) is 26.3 Å². The Hall–Kier alpha value is -1.51. The summed E-state index contributed by atoms with van der Waals surface area (Å²) in [5.41, 5.74) is 0.979. The number of hydrogen-bond acceptors (Lipinski definition) is 2. The van der Waals surface area contributed by atoms with Gasteiger partial charge in [-0.1, -0.05) is 35.3 Å². The molecule has 18 heavy (non-hydrogen) atoms. The molecule has 0 N–H and O–H groups in total. The number of hydrogen-bond donors (Lipinski definition) is 0. The third-order valence-electron chi connectivity index (χ3n) is 2.53. The molecule has 2 aromatic carbocycles. The van der Waals surface area contributed by atoms with Gasteiger partial charge >= 0.3 is 0 Å². The van der Waals surface area contributed by atoms with Gasteiger partial charge in [0.25, 0.3) is 0 Å². The number of halogens is 2. The number of ketones is 1. The molecule has 0 atom stereocenters. The Kier molecular flexibility index (Phi) is 3.90. The van der Waals surface area contributed by atoms with Crippen LogP contribution < -0.4 is 4.74 Å². The fourth-order valence-electron chi connectivity index (χ4n) is 1.63. The highest BCUT2D eigenvalue weighted by molar-refractivity contribution is 6.42. The summed E-state index contributed by atoms with van der Waals surface area (Å²) in [6.45, 7) is 0. The van der Waals surface area contributed by atoms with Crippen molar-refractivity contribution < 1.29 is 9.53 Å². The molecule has 0 aromatic heterocycles. The Morgan fingerprint density at radius 2 is 1.78 bits per heavy atom. The van der Waals surface area contributed by atoms with E-state index in [-0.39, 0.29) is 5.78 Å². The van der Waals surface area contributed by atoms with Crippen molar-refractivity contribution in [3.8, 4) is 5.75 Å². The van der Waals surface area contributed by atoms with E-state index in [1.807, 2.05) is 6.07 Å².